The molecule has 11 nitrogen and oxygen atoms in total. The summed E-state index contributed by atoms with van der Waals surface area (Å²) in [6, 6.07) is 8.97. The summed E-state index contributed by atoms with van der Waals surface area (Å²) in [5.74, 6) is -0.549. The number of carbonyl (C=O) groups excluding carboxylic acids is 3. The van der Waals surface area contributed by atoms with E-state index in [1.165, 1.54) is 0 Å². The number of fused-ring (bicyclic) bond motifs is 3. The topological polar surface area (TPSA) is 163 Å². The number of benzene rings is 2. The van der Waals surface area contributed by atoms with Crippen LogP contribution in [0.5, 0.6) is 0 Å². The number of anilines is 2. The molecule has 2 atom stereocenters. The average Bonchev–Trinajstić information content (AvgIpc) is 3.23. The minimum absolute atomic E-state index is 0.0237. The molecule has 200 valence electrons. The number of likely N-dealkylation sites (tertiary alicyclic amines) is 1. The second-order valence-electron chi connectivity index (χ2n) is 10.5. The Balaban J connectivity index is 1.41. The number of aromatic amines is 1. The molecular formula is C26H29ClN6O5. The Morgan fingerprint density at radius 3 is 2.87 bits per heavy atom. The molecule has 0 bridgehead atoms. The molecule has 3 aromatic rings. The van der Waals surface area contributed by atoms with Crippen molar-refractivity contribution in [2.75, 3.05) is 24.1 Å². The number of halogens is 1. The maximum atomic E-state index is 13.8. The van der Waals surface area contributed by atoms with Gasteiger partial charge in [-0.3, -0.25) is 20.0 Å². The van der Waals surface area contributed by atoms with E-state index in [0.29, 0.717) is 57.9 Å². The quantitative estimate of drug-likeness (QED) is 0.332. The number of nitrogens with one attached hydrogen (secondary N) is 3. The summed E-state index contributed by atoms with van der Waals surface area (Å²) in [4.78, 5) is 41.0. The van der Waals surface area contributed by atoms with Gasteiger partial charge in [-0.15, -0.1) is 0 Å². The molecule has 1 saturated heterocycles. The van der Waals surface area contributed by atoms with Crippen LogP contribution in [-0.4, -0.2) is 62.8 Å². The van der Waals surface area contributed by atoms with Crippen molar-refractivity contribution in [1.82, 2.24) is 20.4 Å². The van der Waals surface area contributed by atoms with Gasteiger partial charge in [-0.05, 0) is 63.1 Å². The first-order chi connectivity index (χ1) is 17.9. The summed E-state index contributed by atoms with van der Waals surface area (Å²) in [7, 11) is 0. The van der Waals surface area contributed by atoms with Gasteiger partial charge in [-0.2, -0.15) is 5.10 Å². The zero-order valence-corrected chi connectivity index (χ0v) is 21.8. The minimum atomic E-state index is -1.25. The fourth-order valence-corrected chi connectivity index (χ4v) is 5.40. The van der Waals surface area contributed by atoms with Gasteiger partial charge in [0.05, 0.1) is 23.3 Å². The number of ether oxygens (including phenoxy) is 1. The number of nitrogen functional groups attached to an aromatic ring is 1. The van der Waals surface area contributed by atoms with Crippen LogP contribution in [0, 0.1) is 0 Å². The molecule has 0 saturated carbocycles. The van der Waals surface area contributed by atoms with Crippen LogP contribution >= 0.6 is 11.6 Å². The molecule has 1 fully saturated rings. The van der Waals surface area contributed by atoms with E-state index in [-0.39, 0.29) is 18.9 Å². The van der Waals surface area contributed by atoms with Crippen molar-refractivity contribution >= 4 is 51.9 Å². The molecule has 2 aromatic carbocycles. The molecule has 12 heteroatoms. The number of nitrogens with zero attached hydrogens (tertiary/aromatic N) is 2. The third-order valence-electron chi connectivity index (χ3n) is 6.93. The van der Waals surface area contributed by atoms with Crippen LogP contribution < -0.4 is 16.4 Å². The van der Waals surface area contributed by atoms with E-state index in [0.717, 1.165) is 0 Å². The molecule has 5 rings (SSSR count). The Morgan fingerprint density at radius 1 is 1.32 bits per heavy atom. The molecular weight excluding hydrogens is 512 g/mol. The Hall–Kier alpha value is -3.83. The van der Waals surface area contributed by atoms with Crippen LogP contribution in [-0.2, 0) is 15.1 Å². The van der Waals surface area contributed by atoms with Gasteiger partial charge in [0.25, 0.3) is 5.91 Å². The van der Waals surface area contributed by atoms with Crippen molar-refractivity contribution in [1.29, 1.82) is 0 Å². The van der Waals surface area contributed by atoms with Crippen molar-refractivity contribution in [2.24, 2.45) is 0 Å². The van der Waals surface area contributed by atoms with Crippen molar-refractivity contribution in [3.8, 4) is 0 Å². The van der Waals surface area contributed by atoms with Crippen LogP contribution in [0.4, 0.5) is 16.3 Å². The summed E-state index contributed by atoms with van der Waals surface area (Å²) in [5.41, 5.74) is 5.66. The molecule has 0 radical (unpaired) electrons. The van der Waals surface area contributed by atoms with Gasteiger partial charge in [0, 0.05) is 34.5 Å². The number of hydrogen-bond donors (Lipinski definition) is 5. The molecule has 0 aliphatic carbocycles. The van der Waals surface area contributed by atoms with E-state index in [1.807, 2.05) is 0 Å². The lowest BCUT2D eigenvalue weighted by Crippen LogP contribution is -2.58. The number of H-pyrrole nitrogens is 1. The highest BCUT2D eigenvalue weighted by molar-refractivity contribution is 6.30. The average molecular weight is 541 g/mol. The monoisotopic (exact) mass is 540 g/mol. The van der Waals surface area contributed by atoms with E-state index in [1.54, 1.807) is 55.1 Å². The lowest BCUT2D eigenvalue weighted by Gasteiger charge is -2.46. The van der Waals surface area contributed by atoms with Gasteiger partial charge >= 0.3 is 6.09 Å². The van der Waals surface area contributed by atoms with Crippen molar-refractivity contribution < 1.29 is 24.2 Å². The van der Waals surface area contributed by atoms with E-state index >= 15 is 0 Å². The van der Waals surface area contributed by atoms with Crippen molar-refractivity contribution in [3.05, 3.63) is 52.5 Å². The molecule has 1 aromatic heterocycles. The van der Waals surface area contributed by atoms with Gasteiger partial charge < -0.3 is 25.8 Å². The van der Waals surface area contributed by atoms with E-state index in [4.69, 9.17) is 22.1 Å². The van der Waals surface area contributed by atoms with Crippen LogP contribution in [0.1, 0.15) is 49.0 Å². The highest BCUT2D eigenvalue weighted by atomic mass is 35.5. The maximum Gasteiger partial charge on any atom is 0.412 e. The summed E-state index contributed by atoms with van der Waals surface area (Å²) in [5, 5.41) is 23.9. The van der Waals surface area contributed by atoms with E-state index in [9.17, 15) is 19.5 Å². The first kappa shape index (κ1) is 25.8. The van der Waals surface area contributed by atoms with Crippen molar-refractivity contribution in [2.45, 2.75) is 50.4 Å². The number of carbonyl (C=O) groups is 3. The molecule has 2 aliphatic rings. The van der Waals surface area contributed by atoms with Crippen LogP contribution in [0.2, 0.25) is 5.02 Å². The van der Waals surface area contributed by atoms with Gasteiger partial charge in [0.2, 0.25) is 5.91 Å². The fourth-order valence-electron chi connectivity index (χ4n) is 5.23. The Labute approximate surface area is 223 Å². The fraction of sp³-hybridized carbons (Fsp3) is 0.385. The summed E-state index contributed by atoms with van der Waals surface area (Å²) < 4.78 is 5.79. The lowest BCUT2D eigenvalue weighted by molar-refractivity contribution is -0.142. The highest BCUT2D eigenvalue weighted by Gasteiger charge is 2.47. The second-order valence-corrected chi connectivity index (χ2v) is 10.9. The second kappa shape index (κ2) is 9.48. The Kier molecular flexibility index (Phi) is 6.44. The van der Waals surface area contributed by atoms with Gasteiger partial charge in [0.15, 0.2) is 11.4 Å². The molecule has 6 N–H and O–H groups in total. The number of hydrogen-bond acceptors (Lipinski definition) is 7. The van der Waals surface area contributed by atoms with Crippen LogP contribution in [0.25, 0.3) is 10.9 Å². The Morgan fingerprint density at radius 2 is 2.11 bits per heavy atom. The number of aromatic nitrogens is 2. The first-order valence-corrected chi connectivity index (χ1v) is 12.7. The van der Waals surface area contributed by atoms with Crippen LogP contribution in [0.15, 0.2) is 36.4 Å². The van der Waals surface area contributed by atoms with Crippen molar-refractivity contribution in [3.63, 3.8) is 0 Å². The number of aliphatic hydroxyl groups is 1. The zero-order chi connectivity index (χ0) is 27.2. The molecule has 2 aliphatic heterocycles. The Bertz CT molecular complexity index is 1430. The number of nitrogens with two attached hydrogens (primary N) is 1. The highest BCUT2D eigenvalue weighted by Crippen LogP contribution is 2.43. The predicted octanol–water partition coefficient (Wildman–Crippen LogP) is 3.14. The third kappa shape index (κ3) is 4.99. The predicted molar refractivity (Wildman–Crippen MR) is 142 cm³/mol. The van der Waals surface area contributed by atoms with Gasteiger partial charge in [-0.25, -0.2) is 4.79 Å². The largest absolute Gasteiger partial charge is 0.436 e. The number of amides is 3. The number of rotatable bonds is 5. The first-order valence-electron chi connectivity index (χ1n) is 12.3. The number of piperidine rings is 1. The summed E-state index contributed by atoms with van der Waals surface area (Å²) in [6.07, 6.45) is 0.439. The normalized spacial score (nSPS) is 20.0. The molecule has 3 heterocycles. The minimum Gasteiger partial charge on any atom is -0.436 e. The van der Waals surface area contributed by atoms with E-state index < -0.39 is 29.2 Å². The molecule has 3 amide bonds. The molecule has 38 heavy (non-hydrogen) atoms. The standard InChI is InChI=1S/C26H29ClN6O5/c1-25(2,37)12-20(29-22(34)14-4-6-16-19(10-14)31-32-21(16)28)23(35)33-9-3-8-26(13-33)17-11-15(27)5-7-18(17)30-24(36)38-26/h4-7,10-11,20,37H,3,8-9,12-13H2,1-2H3,(H,29,34)(H,30,36)(H3,28,31,32)/t20-,26-/m0/s1. The van der Waals surface area contributed by atoms with Gasteiger partial charge in [0.1, 0.15) is 6.04 Å². The SMILES string of the molecule is CC(C)(O)C[C@H](NC(=O)c1ccc2c(N)n[nH]c2c1)C(=O)N1CCC[C@@]2(C1)OC(=O)Nc1ccc(Cl)cc12. The molecule has 1 spiro atoms. The molecule has 0 unspecified atom stereocenters. The zero-order valence-electron chi connectivity index (χ0n) is 21.0. The van der Waals surface area contributed by atoms with E-state index in [2.05, 4.69) is 20.8 Å². The summed E-state index contributed by atoms with van der Waals surface area (Å²) in [6.45, 7) is 3.63. The summed E-state index contributed by atoms with van der Waals surface area (Å²) >= 11 is 6.25. The third-order valence-corrected chi connectivity index (χ3v) is 7.16. The maximum absolute atomic E-state index is 13.8. The van der Waals surface area contributed by atoms with Crippen LogP contribution in [0.3, 0.4) is 0 Å². The van der Waals surface area contributed by atoms with Gasteiger partial charge in [-0.1, -0.05) is 11.6 Å². The lowest BCUT2D eigenvalue weighted by atomic mass is 9.83. The smallest absolute Gasteiger partial charge is 0.412 e.